The zero-order valence-electron chi connectivity index (χ0n) is 9.96. The highest BCUT2D eigenvalue weighted by atomic mass is 32.1. The van der Waals surface area contributed by atoms with E-state index in [9.17, 15) is 4.79 Å². The lowest BCUT2D eigenvalue weighted by Crippen LogP contribution is -2.30. The van der Waals surface area contributed by atoms with Gasteiger partial charge in [0.1, 0.15) is 5.75 Å². The maximum Gasteiger partial charge on any atom is 0.257 e. The Labute approximate surface area is 110 Å². The average molecular weight is 261 g/mol. The Bertz CT molecular complexity index is 468. The Morgan fingerprint density at radius 3 is 2.78 bits per heavy atom. The number of amides is 1. The van der Waals surface area contributed by atoms with Crippen LogP contribution in [0.3, 0.4) is 0 Å². The van der Waals surface area contributed by atoms with Gasteiger partial charge in [-0.1, -0.05) is 18.2 Å². The number of rotatable bonds is 6. The van der Waals surface area contributed by atoms with Crippen molar-refractivity contribution in [2.45, 2.75) is 6.42 Å². The zero-order chi connectivity index (χ0) is 12.6. The molecule has 4 heteroatoms. The van der Waals surface area contributed by atoms with Crippen molar-refractivity contribution in [3.8, 4) is 5.75 Å². The fourth-order valence-corrected chi connectivity index (χ4v) is 2.20. The van der Waals surface area contributed by atoms with E-state index in [0.717, 1.165) is 6.42 Å². The van der Waals surface area contributed by atoms with Crippen molar-refractivity contribution in [2.75, 3.05) is 13.2 Å². The molecule has 0 saturated heterocycles. The van der Waals surface area contributed by atoms with E-state index in [-0.39, 0.29) is 12.5 Å². The first-order valence-electron chi connectivity index (χ1n) is 5.80. The Balaban J connectivity index is 1.63. The third-order valence-corrected chi connectivity index (χ3v) is 3.16. The molecule has 0 aliphatic carbocycles. The van der Waals surface area contributed by atoms with E-state index in [1.54, 1.807) is 11.3 Å². The van der Waals surface area contributed by atoms with Gasteiger partial charge < -0.3 is 10.1 Å². The van der Waals surface area contributed by atoms with Crippen LogP contribution in [0, 0.1) is 0 Å². The van der Waals surface area contributed by atoms with Crippen molar-refractivity contribution >= 4 is 17.2 Å². The summed E-state index contributed by atoms with van der Waals surface area (Å²) in [6.07, 6.45) is 0.862. The van der Waals surface area contributed by atoms with E-state index < -0.39 is 0 Å². The molecule has 0 spiro atoms. The van der Waals surface area contributed by atoms with Crippen LogP contribution in [0.5, 0.6) is 5.75 Å². The van der Waals surface area contributed by atoms with Crippen molar-refractivity contribution in [3.63, 3.8) is 0 Å². The number of hydrogen-bond acceptors (Lipinski definition) is 3. The van der Waals surface area contributed by atoms with Crippen LogP contribution in [0.4, 0.5) is 0 Å². The molecule has 94 valence electrons. The topological polar surface area (TPSA) is 38.3 Å². The summed E-state index contributed by atoms with van der Waals surface area (Å²) in [5.41, 5.74) is 1.25. The van der Waals surface area contributed by atoms with Gasteiger partial charge in [0, 0.05) is 6.54 Å². The lowest BCUT2D eigenvalue weighted by molar-refractivity contribution is -0.123. The number of para-hydroxylation sites is 1. The van der Waals surface area contributed by atoms with E-state index >= 15 is 0 Å². The summed E-state index contributed by atoms with van der Waals surface area (Å²) in [5.74, 6) is 0.625. The molecule has 0 fully saturated rings. The standard InChI is InChI=1S/C14H15NO2S/c16-14(10-17-13-4-2-1-3-5-13)15-8-6-12-7-9-18-11-12/h1-5,7,9,11H,6,8,10H2,(H,15,16). The molecular formula is C14H15NO2S. The lowest BCUT2D eigenvalue weighted by atomic mass is 10.2. The van der Waals surface area contributed by atoms with Crippen LogP contribution in [-0.4, -0.2) is 19.1 Å². The summed E-state index contributed by atoms with van der Waals surface area (Å²) in [4.78, 5) is 11.5. The van der Waals surface area contributed by atoms with Crippen LogP contribution in [-0.2, 0) is 11.2 Å². The van der Waals surface area contributed by atoms with Crippen molar-refractivity contribution in [1.82, 2.24) is 5.32 Å². The normalized spacial score (nSPS) is 10.0. The molecule has 0 aliphatic heterocycles. The highest BCUT2D eigenvalue weighted by Gasteiger charge is 2.02. The first-order valence-corrected chi connectivity index (χ1v) is 6.74. The Morgan fingerprint density at radius 2 is 2.06 bits per heavy atom. The largest absolute Gasteiger partial charge is 0.484 e. The second-order valence-corrected chi connectivity index (χ2v) is 4.61. The second kappa shape index (κ2) is 6.81. The molecule has 3 nitrogen and oxygen atoms in total. The highest BCUT2D eigenvalue weighted by Crippen LogP contribution is 2.08. The predicted octanol–water partition coefficient (Wildman–Crippen LogP) is 2.49. The minimum Gasteiger partial charge on any atom is -0.484 e. The van der Waals surface area contributed by atoms with Gasteiger partial charge in [-0.05, 0) is 40.9 Å². The molecule has 1 heterocycles. The molecule has 0 atom stereocenters. The van der Waals surface area contributed by atoms with Gasteiger partial charge in [0.25, 0.3) is 5.91 Å². The maximum absolute atomic E-state index is 11.5. The molecule has 2 rings (SSSR count). The van der Waals surface area contributed by atoms with Gasteiger partial charge in [-0.2, -0.15) is 11.3 Å². The first kappa shape index (κ1) is 12.6. The summed E-state index contributed by atoms with van der Waals surface area (Å²) in [6.45, 7) is 0.710. The molecule has 0 radical (unpaired) electrons. The summed E-state index contributed by atoms with van der Waals surface area (Å²) in [6, 6.07) is 11.4. The number of ether oxygens (including phenoxy) is 1. The number of carbonyl (C=O) groups excluding carboxylic acids is 1. The summed E-state index contributed by atoms with van der Waals surface area (Å²) >= 11 is 1.67. The molecule has 0 aliphatic rings. The molecule has 18 heavy (non-hydrogen) atoms. The molecule has 0 saturated carbocycles. The van der Waals surface area contributed by atoms with Crippen LogP contribution < -0.4 is 10.1 Å². The fourth-order valence-electron chi connectivity index (χ4n) is 1.50. The van der Waals surface area contributed by atoms with E-state index in [2.05, 4.69) is 16.8 Å². The van der Waals surface area contributed by atoms with Gasteiger partial charge in [0.2, 0.25) is 0 Å². The van der Waals surface area contributed by atoms with Crippen molar-refractivity contribution < 1.29 is 9.53 Å². The van der Waals surface area contributed by atoms with Gasteiger partial charge in [-0.3, -0.25) is 4.79 Å². The molecule has 1 amide bonds. The molecule has 0 bridgehead atoms. The SMILES string of the molecule is O=C(COc1ccccc1)NCCc1ccsc1. The van der Waals surface area contributed by atoms with Crippen LogP contribution in [0.25, 0.3) is 0 Å². The summed E-state index contributed by atoms with van der Waals surface area (Å²) in [7, 11) is 0. The van der Waals surface area contributed by atoms with Crippen LogP contribution in [0.15, 0.2) is 47.2 Å². The smallest absolute Gasteiger partial charge is 0.257 e. The Hall–Kier alpha value is -1.81. The summed E-state index contributed by atoms with van der Waals surface area (Å²) in [5, 5.41) is 6.96. The van der Waals surface area contributed by atoms with Gasteiger partial charge in [0.15, 0.2) is 6.61 Å². The van der Waals surface area contributed by atoms with Crippen molar-refractivity contribution in [1.29, 1.82) is 0 Å². The lowest BCUT2D eigenvalue weighted by Gasteiger charge is -2.06. The third-order valence-electron chi connectivity index (χ3n) is 2.43. The monoisotopic (exact) mass is 261 g/mol. The number of carbonyl (C=O) groups is 1. The van der Waals surface area contributed by atoms with Gasteiger partial charge in [-0.25, -0.2) is 0 Å². The van der Waals surface area contributed by atoms with Crippen LogP contribution >= 0.6 is 11.3 Å². The first-order chi connectivity index (χ1) is 8.84. The van der Waals surface area contributed by atoms with Crippen molar-refractivity contribution in [2.24, 2.45) is 0 Å². The van der Waals surface area contributed by atoms with Gasteiger partial charge in [0.05, 0.1) is 0 Å². The van der Waals surface area contributed by atoms with E-state index in [1.807, 2.05) is 35.7 Å². The summed E-state index contributed by atoms with van der Waals surface area (Å²) < 4.78 is 5.35. The minimum absolute atomic E-state index is 0.0631. The average Bonchev–Trinajstić information content (AvgIpc) is 2.91. The quantitative estimate of drug-likeness (QED) is 0.867. The molecular weight excluding hydrogens is 246 g/mol. The highest BCUT2D eigenvalue weighted by molar-refractivity contribution is 7.07. The van der Waals surface area contributed by atoms with Crippen LogP contribution in [0.2, 0.25) is 0 Å². The third kappa shape index (κ3) is 4.22. The van der Waals surface area contributed by atoms with Gasteiger partial charge in [-0.15, -0.1) is 0 Å². The number of benzene rings is 1. The molecule has 1 N–H and O–H groups in total. The number of thiophene rings is 1. The molecule has 1 aromatic carbocycles. The van der Waals surface area contributed by atoms with Crippen molar-refractivity contribution in [3.05, 3.63) is 52.7 Å². The molecule has 1 aromatic heterocycles. The maximum atomic E-state index is 11.5. The minimum atomic E-state index is -0.0888. The van der Waals surface area contributed by atoms with E-state index in [0.29, 0.717) is 12.3 Å². The zero-order valence-corrected chi connectivity index (χ0v) is 10.8. The molecule has 2 aromatic rings. The molecule has 0 unspecified atom stereocenters. The van der Waals surface area contributed by atoms with E-state index in [4.69, 9.17) is 4.74 Å². The van der Waals surface area contributed by atoms with Crippen LogP contribution in [0.1, 0.15) is 5.56 Å². The second-order valence-electron chi connectivity index (χ2n) is 3.83. The number of nitrogens with one attached hydrogen (secondary N) is 1. The number of hydrogen-bond donors (Lipinski definition) is 1. The predicted molar refractivity (Wildman–Crippen MR) is 73.0 cm³/mol. The Morgan fingerprint density at radius 1 is 1.22 bits per heavy atom. The Kier molecular flexibility index (Phi) is 4.78. The fraction of sp³-hybridized carbons (Fsp3) is 0.214. The van der Waals surface area contributed by atoms with E-state index in [1.165, 1.54) is 5.56 Å². The van der Waals surface area contributed by atoms with Gasteiger partial charge >= 0.3 is 0 Å².